The lowest BCUT2D eigenvalue weighted by atomic mass is 10.1. The van der Waals surface area contributed by atoms with Crippen LogP contribution in [0.1, 0.15) is 26.2 Å². The average Bonchev–Trinajstić information content (AvgIpc) is 2.52. The van der Waals surface area contributed by atoms with Gasteiger partial charge in [-0.1, -0.05) is 6.92 Å². The normalized spacial score (nSPS) is 23.2. The number of hydrogen-bond acceptors (Lipinski definition) is 2. The molecule has 1 fully saturated rings. The van der Waals surface area contributed by atoms with Crippen LogP contribution in [0.4, 0.5) is 0 Å². The molecule has 3 heteroatoms. The molecule has 0 spiro atoms. The van der Waals surface area contributed by atoms with Crippen LogP contribution in [0, 0.1) is 5.92 Å². The van der Waals surface area contributed by atoms with Crippen LogP contribution in [0.5, 0.6) is 0 Å². The topological polar surface area (TPSA) is 40.5 Å². The Hall–Kier alpha value is -0.570. The molecular weight excluding hydrogens is 154 g/mol. The first-order chi connectivity index (χ1) is 5.77. The zero-order chi connectivity index (χ0) is 8.97. The van der Waals surface area contributed by atoms with Gasteiger partial charge in [-0.3, -0.25) is 4.79 Å². The Morgan fingerprint density at radius 3 is 2.92 bits per heavy atom. The van der Waals surface area contributed by atoms with Gasteiger partial charge in [-0.15, -0.1) is 0 Å². The number of likely N-dealkylation sites (tertiary alicyclic amines) is 1. The van der Waals surface area contributed by atoms with E-state index in [1.165, 1.54) is 0 Å². The van der Waals surface area contributed by atoms with Gasteiger partial charge in [-0.05, 0) is 12.8 Å². The smallest absolute Gasteiger partial charge is 0.222 e. The van der Waals surface area contributed by atoms with Crippen LogP contribution < -0.4 is 0 Å². The van der Waals surface area contributed by atoms with Crippen molar-refractivity contribution in [1.82, 2.24) is 4.90 Å². The minimum absolute atomic E-state index is 0.218. The van der Waals surface area contributed by atoms with E-state index >= 15 is 0 Å². The number of rotatable bonds is 3. The molecule has 1 aliphatic heterocycles. The molecule has 0 aliphatic carbocycles. The zero-order valence-corrected chi connectivity index (χ0v) is 7.62. The molecule has 70 valence electrons. The quantitative estimate of drug-likeness (QED) is 0.676. The van der Waals surface area contributed by atoms with E-state index in [-0.39, 0.29) is 12.5 Å². The molecule has 3 nitrogen and oxygen atoms in total. The summed E-state index contributed by atoms with van der Waals surface area (Å²) in [6.45, 7) is 3.83. The van der Waals surface area contributed by atoms with Crippen molar-refractivity contribution < 1.29 is 9.90 Å². The first-order valence-electron chi connectivity index (χ1n) is 4.66. The van der Waals surface area contributed by atoms with Crippen LogP contribution in [-0.4, -0.2) is 35.6 Å². The van der Waals surface area contributed by atoms with Gasteiger partial charge < -0.3 is 10.0 Å². The number of nitrogens with zero attached hydrogens (tertiary/aromatic N) is 1. The molecule has 0 aromatic carbocycles. The molecule has 1 heterocycles. The lowest BCUT2D eigenvalue weighted by Gasteiger charge is -2.15. The molecule has 0 unspecified atom stereocenters. The van der Waals surface area contributed by atoms with Crippen molar-refractivity contribution in [1.29, 1.82) is 0 Å². The Morgan fingerprint density at radius 1 is 1.67 bits per heavy atom. The van der Waals surface area contributed by atoms with Crippen molar-refractivity contribution >= 4 is 5.91 Å². The molecule has 0 saturated carbocycles. The Kier molecular flexibility index (Phi) is 3.53. The van der Waals surface area contributed by atoms with E-state index in [9.17, 15) is 4.79 Å². The van der Waals surface area contributed by atoms with E-state index in [0.717, 1.165) is 25.9 Å². The fourth-order valence-corrected chi connectivity index (χ4v) is 1.58. The summed E-state index contributed by atoms with van der Waals surface area (Å²) in [5, 5.41) is 8.86. The fourth-order valence-electron chi connectivity index (χ4n) is 1.58. The van der Waals surface area contributed by atoms with E-state index in [0.29, 0.717) is 12.3 Å². The highest BCUT2D eigenvalue weighted by Crippen LogP contribution is 2.16. The van der Waals surface area contributed by atoms with Gasteiger partial charge in [0.2, 0.25) is 5.91 Å². The molecule has 0 bridgehead atoms. The van der Waals surface area contributed by atoms with E-state index in [4.69, 9.17) is 5.11 Å². The Balaban J connectivity index is 2.31. The summed E-state index contributed by atoms with van der Waals surface area (Å²) in [5.41, 5.74) is 0. The van der Waals surface area contributed by atoms with Gasteiger partial charge in [0.25, 0.3) is 0 Å². The minimum atomic E-state index is 0.218. The SMILES string of the molecule is CCCC(=O)N1CC[C@@H](CO)C1. The number of amides is 1. The summed E-state index contributed by atoms with van der Waals surface area (Å²) in [6.07, 6.45) is 2.53. The highest BCUT2D eigenvalue weighted by Gasteiger charge is 2.24. The van der Waals surface area contributed by atoms with E-state index in [1.807, 2.05) is 11.8 Å². The van der Waals surface area contributed by atoms with Gasteiger partial charge in [-0.25, -0.2) is 0 Å². The predicted octanol–water partition coefficient (Wildman–Crippen LogP) is 0.627. The average molecular weight is 171 g/mol. The fraction of sp³-hybridized carbons (Fsp3) is 0.889. The summed E-state index contributed by atoms with van der Waals surface area (Å²) in [4.78, 5) is 13.2. The van der Waals surface area contributed by atoms with Gasteiger partial charge in [0.05, 0.1) is 0 Å². The molecule has 1 atom stereocenters. The number of hydrogen-bond donors (Lipinski definition) is 1. The highest BCUT2D eigenvalue weighted by molar-refractivity contribution is 5.76. The Bertz CT molecular complexity index is 159. The van der Waals surface area contributed by atoms with Crippen molar-refractivity contribution in [3.8, 4) is 0 Å². The van der Waals surface area contributed by atoms with Crippen molar-refractivity contribution in [2.45, 2.75) is 26.2 Å². The largest absolute Gasteiger partial charge is 0.396 e. The molecule has 0 aromatic rings. The maximum Gasteiger partial charge on any atom is 0.222 e. The standard InChI is InChI=1S/C9H17NO2/c1-2-3-9(12)10-5-4-8(6-10)7-11/h8,11H,2-7H2,1H3/t8-/m1/s1. The van der Waals surface area contributed by atoms with Gasteiger partial charge >= 0.3 is 0 Å². The zero-order valence-electron chi connectivity index (χ0n) is 7.62. The van der Waals surface area contributed by atoms with Crippen LogP contribution in [0.2, 0.25) is 0 Å². The van der Waals surface area contributed by atoms with Gasteiger partial charge in [-0.2, -0.15) is 0 Å². The third-order valence-corrected chi connectivity index (χ3v) is 2.36. The summed E-state index contributed by atoms with van der Waals surface area (Å²) >= 11 is 0. The number of aliphatic hydroxyl groups excluding tert-OH is 1. The van der Waals surface area contributed by atoms with Crippen LogP contribution in [-0.2, 0) is 4.79 Å². The highest BCUT2D eigenvalue weighted by atomic mass is 16.3. The molecule has 1 aliphatic rings. The lowest BCUT2D eigenvalue weighted by molar-refractivity contribution is -0.130. The number of aliphatic hydroxyl groups is 1. The summed E-state index contributed by atoms with van der Waals surface area (Å²) in [7, 11) is 0. The van der Waals surface area contributed by atoms with Crippen LogP contribution in [0.15, 0.2) is 0 Å². The van der Waals surface area contributed by atoms with Crippen molar-refractivity contribution in [2.75, 3.05) is 19.7 Å². The Labute approximate surface area is 73.4 Å². The summed E-state index contributed by atoms with van der Waals surface area (Å²) in [6, 6.07) is 0. The van der Waals surface area contributed by atoms with Crippen molar-refractivity contribution in [3.63, 3.8) is 0 Å². The van der Waals surface area contributed by atoms with Crippen molar-refractivity contribution in [2.24, 2.45) is 5.92 Å². The van der Waals surface area contributed by atoms with Crippen LogP contribution in [0.25, 0.3) is 0 Å². The van der Waals surface area contributed by atoms with Crippen LogP contribution >= 0.6 is 0 Å². The van der Waals surface area contributed by atoms with E-state index < -0.39 is 0 Å². The first-order valence-corrected chi connectivity index (χ1v) is 4.66. The number of carbonyl (C=O) groups is 1. The summed E-state index contributed by atoms with van der Waals surface area (Å²) in [5.74, 6) is 0.569. The second-order valence-corrected chi connectivity index (χ2v) is 3.43. The second kappa shape index (κ2) is 4.45. The van der Waals surface area contributed by atoms with E-state index in [1.54, 1.807) is 0 Å². The molecule has 1 saturated heterocycles. The molecule has 1 N–H and O–H groups in total. The van der Waals surface area contributed by atoms with Gasteiger partial charge in [0.1, 0.15) is 0 Å². The molecule has 12 heavy (non-hydrogen) atoms. The predicted molar refractivity (Wildman–Crippen MR) is 46.7 cm³/mol. The molecule has 1 amide bonds. The molecule has 0 radical (unpaired) electrons. The Morgan fingerprint density at radius 2 is 2.42 bits per heavy atom. The molecule has 1 rings (SSSR count). The maximum absolute atomic E-state index is 11.4. The van der Waals surface area contributed by atoms with Gasteiger partial charge in [0.15, 0.2) is 0 Å². The number of carbonyl (C=O) groups excluding carboxylic acids is 1. The molecular formula is C9H17NO2. The molecule has 0 aromatic heterocycles. The second-order valence-electron chi connectivity index (χ2n) is 3.43. The monoisotopic (exact) mass is 171 g/mol. The van der Waals surface area contributed by atoms with Crippen molar-refractivity contribution in [3.05, 3.63) is 0 Å². The minimum Gasteiger partial charge on any atom is -0.396 e. The van der Waals surface area contributed by atoms with Gasteiger partial charge in [0, 0.05) is 32.0 Å². The third-order valence-electron chi connectivity index (χ3n) is 2.36. The lowest BCUT2D eigenvalue weighted by Crippen LogP contribution is -2.28. The first kappa shape index (κ1) is 9.52. The summed E-state index contributed by atoms with van der Waals surface area (Å²) < 4.78 is 0. The maximum atomic E-state index is 11.4. The van der Waals surface area contributed by atoms with E-state index in [2.05, 4.69) is 0 Å². The van der Waals surface area contributed by atoms with Crippen LogP contribution in [0.3, 0.4) is 0 Å². The third kappa shape index (κ3) is 2.21.